The van der Waals surface area contributed by atoms with Gasteiger partial charge in [0.2, 0.25) is 0 Å². The second-order valence-electron chi connectivity index (χ2n) is 3.77. The van der Waals surface area contributed by atoms with Crippen LogP contribution in [-0.2, 0) is 0 Å². The molecular weight excluding hydrogens is 220 g/mol. The van der Waals surface area contributed by atoms with Crippen LogP contribution in [0.5, 0.6) is 0 Å². The van der Waals surface area contributed by atoms with Gasteiger partial charge in [-0.25, -0.2) is 9.32 Å². The molecule has 7 heteroatoms. The third-order valence-corrected chi connectivity index (χ3v) is 2.40. The first kappa shape index (κ1) is 11.3. The summed E-state index contributed by atoms with van der Waals surface area (Å²) in [5.41, 5.74) is 0.698. The minimum atomic E-state index is 0.698. The molecule has 17 heavy (non-hydrogen) atoms. The van der Waals surface area contributed by atoms with Gasteiger partial charge in [0.25, 0.3) is 7.11 Å². The Hall–Kier alpha value is -2.18. The number of pyridine rings is 1. The van der Waals surface area contributed by atoms with Crippen molar-refractivity contribution in [3.8, 4) is 0 Å². The van der Waals surface area contributed by atoms with Crippen molar-refractivity contribution in [2.24, 2.45) is 0 Å². The summed E-state index contributed by atoms with van der Waals surface area (Å²) < 4.78 is 7.00. The summed E-state index contributed by atoms with van der Waals surface area (Å²) in [6, 6.07) is 6.37. The van der Waals surface area contributed by atoms with Gasteiger partial charge in [-0.15, -0.1) is 5.10 Å². The van der Waals surface area contributed by atoms with Crippen LogP contribution < -0.4 is 4.90 Å². The highest BCUT2D eigenvalue weighted by atomic mass is 16.4. The highest BCUT2D eigenvalue weighted by molar-refractivity contribution is 5.90. The van der Waals surface area contributed by atoms with Gasteiger partial charge in [0.15, 0.2) is 5.65 Å². The maximum absolute atomic E-state index is 5.34. The number of tetrazole rings is 1. The number of urea groups is 1. The summed E-state index contributed by atoms with van der Waals surface area (Å²) in [4.78, 5) is 3.76. The fourth-order valence-corrected chi connectivity index (χ4v) is 1.72. The molecule has 2 rings (SSSR count). The summed E-state index contributed by atoms with van der Waals surface area (Å²) in [5.74, 6) is 0.832. The van der Waals surface area contributed by atoms with Gasteiger partial charge in [0.1, 0.15) is 5.82 Å². The van der Waals surface area contributed by atoms with E-state index in [1.54, 1.807) is 11.6 Å². The third kappa shape index (κ3) is 1.91. The van der Waals surface area contributed by atoms with Crippen molar-refractivity contribution in [3.05, 3.63) is 18.2 Å². The summed E-state index contributed by atoms with van der Waals surface area (Å²) in [6.07, 6.45) is 0. The smallest absolute Gasteiger partial charge is 0.282 e. The van der Waals surface area contributed by atoms with Crippen LogP contribution in [0.1, 0.15) is 0 Å². The van der Waals surface area contributed by atoms with Gasteiger partial charge in [-0.2, -0.15) is 4.52 Å². The molecule has 0 N–H and O–H groups in total. The van der Waals surface area contributed by atoms with Crippen LogP contribution in [0.15, 0.2) is 18.2 Å². The maximum Gasteiger partial charge on any atom is 0.509 e. The van der Waals surface area contributed by atoms with Crippen LogP contribution in [0, 0.1) is 0 Å². The summed E-state index contributed by atoms with van der Waals surface area (Å²) in [6.45, 7) is 0. The maximum atomic E-state index is 5.34. The lowest BCUT2D eigenvalue weighted by molar-refractivity contribution is -0.0922. The molecular formula is C10H15N6O+. The van der Waals surface area contributed by atoms with Crippen molar-refractivity contribution in [3.63, 3.8) is 0 Å². The molecule has 0 radical (unpaired) electrons. The van der Waals surface area contributed by atoms with Gasteiger partial charge >= 0.3 is 6.03 Å². The monoisotopic (exact) mass is 235 g/mol. The molecule has 2 amide bonds. The van der Waals surface area contributed by atoms with Gasteiger partial charge < -0.3 is 0 Å². The van der Waals surface area contributed by atoms with E-state index in [-0.39, 0.29) is 0 Å². The lowest BCUT2D eigenvalue weighted by atomic mass is 10.4. The molecule has 2 aromatic heterocycles. The van der Waals surface area contributed by atoms with Crippen LogP contribution in [0.2, 0.25) is 0 Å². The standard InChI is InChI=1S/C10H15N6O/c1-14(2)10(17-4)15(3)9-7-5-6-8-11-12-13-16(8)9/h5-7H,1-4H3/q+1. The zero-order valence-electron chi connectivity index (χ0n) is 10.3. The zero-order valence-corrected chi connectivity index (χ0v) is 10.3. The fraction of sp³-hybridized carbons (Fsp3) is 0.400. The Kier molecular flexibility index (Phi) is 2.90. The summed E-state index contributed by atoms with van der Waals surface area (Å²) >= 11 is 0. The first-order valence-electron chi connectivity index (χ1n) is 5.14. The van der Waals surface area contributed by atoms with Crippen LogP contribution in [-0.4, -0.2) is 59.2 Å². The number of aromatic nitrogens is 4. The third-order valence-electron chi connectivity index (χ3n) is 2.40. The second kappa shape index (κ2) is 4.36. The zero-order chi connectivity index (χ0) is 12.4. The van der Waals surface area contributed by atoms with Gasteiger partial charge in [0, 0.05) is 21.1 Å². The van der Waals surface area contributed by atoms with E-state index in [4.69, 9.17) is 4.42 Å². The number of hydrogen-bond acceptors (Lipinski definition) is 3. The fourth-order valence-electron chi connectivity index (χ4n) is 1.72. The molecule has 0 fully saturated rings. The predicted molar refractivity (Wildman–Crippen MR) is 64.2 cm³/mol. The normalized spacial score (nSPS) is 11.9. The first-order valence-corrected chi connectivity index (χ1v) is 5.14. The van der Waals surface area contributed by atoms with E-state index in [2.05, 4.69) is 15.5 Å². The van der Waals surface area contributed by atoms with Crippen LogP contribution in [0.4, 0.5) is 10.2 Å². The molecule has 0 spiro atoms. The molecule has 0 bridgehead atoms. The lowest BCUT2D eigenvalue weighted by Crippen LogP contribution is -2.38. The predicted octanol–water partition coefficient (Wildman–Crippen LogP) is 0.408. The largest absolute Gasteiger partial charge is 0.509 e. The van der Waals surface area contributed by atoms with Crippen molar-refractivity contribution in [2.75, 3.05) is 33.2 Å². The SMILES string of the molecule is C[O+]=C(N(C)C)N(C)c1cccc2nnnn12. The highest BCUT2D eigenvalue weighted by Crippen LogP contribution is 2.14. The van der Waals surface area contributed by atoms with E-state index in [1.807, 2.05) is 49.1 Å². The average Bonchev–Trinajstić information content (AvgIpc) is 2.76. The van der Waals surface area contributed by atoms with Crippen molar-refractivity contribution in [1.82, 2.24) is 24.9 Å². The minimum Gasteiger partial charge on any atom is -0.282 e. The molecule has 0 saturated carbocycles. The van der Waals surface area contributed by atoms with Crippen LogP contribution >= 0.6 is 0 Å². The first-order chi connectivity index (χ1) is 8.15. The Morgan fingerprint density at radius 1 is 1.29 bits per heavy atom. The molecule has 7 nitrogen and oxygen atoms in total. The number of hydrogen-bond donors (Lipinski definition) is 0. The number of amides is 2. The van der Waals surface area contributed by atoms with E-state index in [0.717, 1.165) is 5.82 Å². The van der Waals surface area contributed by atoms with Crippen LogP contribution in [0.25, 0.3) is 5.65 Å². The molecule has 2 aromatic rings. The van der Waals surface area contributed by atoms with Crippen molar-refractivity contribution >= 4 is 17.5 Å². The molecule has 0 saturated heterocycles. The summed E-state index contributed by atoms with van der Waals surface area (Å²) in [5, 5.41) is 11.5. The molecule has 0 aromatic carbocycles. The van der Waals surface area contributed by atoms with E-state index in [9.17, 15) is 0 Å². The number of fused-ring (bicyclic) bond motifs is 1. The van der Waals surface area contributed by atoms with E-state index in [1.165, 1.54) is 0 Å². The van der Waals surface area contributed by atoms with Gasteiger partial charge in [-0.1, -0.05) is 6.07 Å². The molecule has 0 aliphatic carbocycles. The molecule has 0 aliphatic heterocycles. The average molecular weight is 235 g/mol. The van der Waals surface area contributed by atoms with E-state index < -0.39 is 0 Å². The topological polar surface area (TPSA) is 60.9 Å². The number of anilines is 1. The minimum absolute atomic E-state index is 0.698. The molecule has 0 unspecified atom stereocenters. The Bertz CT molecular complexity index is 546. The van der Waals surface area contributed by atoms with Gasteiger partial charge in [-0.3, -0.25) is 4.90 Å². The van der Waals surface area contributed by atoms with Crippen molar-refractivity contribution < 1.29 is 4.42 Å². The van der Waals surface area contributed by atoms with Crippen molar-refractivity contribution in [1.29, 1.82) is 0 Å². The Morgan fingerprint density at radius 3 is 2.71 bits per heavy atom. The number of rotatable bonds is 1. The van der Waals surface area contributed by atoms with Gasteiger partial charge in [0.05, 0.1) is 0 Å². The number of carbonyl (C=O) groups excluding carboxylic acids is 1. The quantitative estimate of drug-likeness (QED) is 0.672. The van der Waals surface area contributed by atoms with E-state index >= 15 is 0 Å². The number of nitrogens with zero attached hydrogens (tertiary/aromatic N) is 6. The lowest BCUT2D eigenvalue weighted by Gasteiger charge is -2.17. The van der Waals surface area contributed by atoms with Crippen molar-refractivity contribution in [2.45, 2.75) is 0 Å². The Labute approximate surface area is 98.9 Å². The highest BCUT2D eigenvalue weighted by Gasteiger charge is 2.23. The Balaban J connectivity index is 2.49. The molecule has 90 valence electrons. The van der Waals surface area contributed by atoms with Gasteiger partial charge in [-0.05, 0) is 22.6 Å². The van der Waals surface area contributed by atoms with E-state index in [0.29, 0.717) is 11.7 Å². The molecule has 0 atom stereocenters. The molecule has 0 aliphatic rings. The van der Waals surface area contributed by atoms with Crippen LogP contribution in [0.3, 0.4) is 0 Å². The second-order valence-corrected chi connectivity index (χ2v) is 3.77. The summed E-state index contributed by atoms with van der Waals surface area (Å²) in [7, 11) is 7.35. The molecule has 2 heterocycles. The Morgan fingerprint density at radius 2 is 2.06 bits per heavy atom.